The summed E-state index contributed by atoms with van der Waals surface area (Å²) in [6, 6.07) is 10.6. The van der Waals surface area contributed by atoms with E-state index >= 15 is 0 Å². The Bertz CT molecular complexity index is 1190. The summed E-state index contributed by atoms with van der Waals surface area (Å²) in [6.45, 7) is 0. The third-order valence-electron chi connectivity index (χ3n) is 6.56. The first kappa shape index (κ1) is 22.6. The second-order valence-electron chi connectivity index (χ2n) is 8.81. The number of nitriles is 1. The Balaban J connectivity index is 1.49. The van der Waals surface area contributed by atoms with E-state index in [4.69, 9.17) is 0 Å². The highest BCUT2D eigenvalue weighted by molar-refractivity contribution is 7.90. The van der Waals surface area contributed by atoms with Gasteiger partial charge >= 0.3 is 0 Å². The largest absolute Gasteiger partial charge is 0.304 e. The van der Waals surface area contributed by atoms with E-state index in [1.165, 1.54) is 36.4 Å². The number of nitrogens with one attached hydrogen (secondary N) is 1. The number of halogens is 2. The van der Waals surface area contributed by atoms with Gasteiger partial charge in [0.25, 0.3) is 0 Å². The number of ketones is 1. The van der Waals surface area contributed by atoms with Crippen molar-refractivity contribution in [1.82, 2.24) is 5.32 Å². The predicted molar refractivity (Wildman–Crippen MR) is 115 cm³/mol. The molecule has 2 aromatic rings. The molecule has 2 aromatic carbocycles. The van der Waals surface area contributed by atoms with E-state index in [1.807, 2.05) is 0 Å². The van der Waals surface area contributed by atoms with E-state index in [1.54, 1.807) is 0 Å². The van der Waals surface area contributed by atoms with Crippen LogP contribution in [0.3, 0.4) is 0 Å². The van der Waals surface area contributed by atoms with Gasteiger partial charge < -0.3 is 5.32 Å². The van der Waals surface area contributed by atoms with Crippen molar-refractivity contribution in [3.05, 3.63) is 53.6 Å². The van der Waals surface area contributed by atoms with Crippen LogP contribution in [0.15, 0.2) is 41.3 Å². The second-order valence-corrected chi connectivity index (χ2v) is 10.8. The van der Waals surface area contributed by atoms with Gasteiger partial charge in [0.15, 0.2) is 27.3 Å². The average molecular weight is 459 g/mol. The third-order valence-corrected chi connectivity index (χ3v) is 7.69. The fourth-order valence-electron chi connectivity index (χ4n) is 4.87. The molecule has 1 saturated carbocycles. The molecule has 0 unspecified atom stereocenters. The Morgan fingerprint density at radius 3 is 2.44 bits per heavy atom. The summed E-state index contributed by atoms with van der Waals surface area (Å²) >= 11 is 0. The first-order chi connectivity index (χ1) is 15.2. The summed E-state index contributed by atoms with van der Waals surface area (Å²) in [5.74, 6) is -2.58. The summed E-state index contributed by atoms with van der Waals surface area (Å²) in [4.78, 5) is 12.7. The van der Waals surface area contributed by atoms with Gasteiger partial charge in [0.1, 0.15) is 0 Å². The highest BCUT2D eigenvalue weighted by atomic mass is 32.2. The van der Waals surface area contributed by atoms with Gasteiger partial charge in [0.05, 0.1) is 22.9 Å². The van der Waals surface area contributed by atoms with Crippen LogP contribution in [0.5, 0.6) is 0 Å². The van der Waals surface area contributed by atoms with Crippen molar-refractivity contribution in [1.29, 1.82) is 5.26 Å². The summed E-state index contributed by atoms with van der Waals surface area (Å²) < 4.78 is 52.8. The van der Waals surface area contributed by atoms with Gasteiger partial charge in [-0.3, -0.25) is 4.79 Å². The minimum absolute atomic E-state index is 0.00191. The van der Waals surface area contributed by atoms with Gasteiger partial charge in [-0.1, -0.05) is 24.3 Å². The number of carbonyl (C=O) groups is 1. The van der Waals surface area contributed by atoms with Crippen molar-refractivity contribution in [3.8, 4) is 17.2 Å². The second kappa shape index (κ2) is 8.72. The number of benzene rings is 2. The number of piperidine rings is 1. The minimum atomic E-state index is -3.39. The molecular formula is C24H24F2N2O3S. The first-order valence-corrected chi connectivity index (χ1v) is 12.5. The SMILES string of the molecule is CS(=O)(=O)c1ccc(-c2ccc(C[C@@H](C#N)CC(=O)[C@H]3N[C@@H]4CC[C@H]3C4)c(F)c2F)cc1. The van der Waals surface area contributed by atoms with Crippen LogP contribution in [-0.4, -0.2) is 32.5 Å². The van der Waals surface area contributed by atoms with Crippen LogP contribution < -0.4 is 5.32 Å². The van der Waals surface area contributed by atoms with E-state index < -0.39 is 27.4 Å². The molecule has 5 nitrogen and oxygen atoms in total. The number of hydrogen-bond donors (Lipinski definition) is 1. The topological polar surface area (TPSA) is 87.0 Å². The molecule has 1 N–H and O–H groups in total. The molecular weight excluding hydrogens is 434 g/mol. The smallest absolute Gasteiger partial charge is 0.175 e. The molecule has 0 aromatic heterocycles. The van der Waals surface area contributed by atoms with Crippen molar-refractivity contribution < 1.29 is 22.0 Å². The fraction of sp³-hybridized carbons (Fsp3) is 0.417. The molecule has 8 heteroatoms. The lowest BCUT2D eigenvalue weighted by Crippen LogP contribution is -2.42. The molecule has 2 aliphatic rings. The number of nitrogens with zero attached hydrogens (tertiary/aromatic N) is 1. The number of sulfone groups is 1. The molecule has 0 spiro atoms. The zero-order valence-electron chi connectivity index (χ0n) is 17.6. The van der Waals surface area contributed by atoms with E-state index in [9.17, 15) is 27.3 Å². The van der Waals surface area contributed by atoms with Gasteiger partial charge in [0.2, 0.25) is 0 Å². The molecule has 168 valence electrons. The summed E-state index contributed by atoms with van der Waals surface area (Å²) in [5, 5.41) is 12.8. The van der Waals surface area contributed by atoms with Crippen LogP contribution in [0.25, 0.3) is 11.1 Å². The Morgan fingerprint density at radius 1 is 1.16 bits per heavy atom. The van der Waals surface area contributed by atoms with Crippen molar-refractivity contribution in [2.24, 2.45) is 11.8 Å². The van der Waals surface area contributed by atoms with Crippen LogP contribution in [0, 0.1) is 34.8 Å². The van der Waals surface area contributed by atoms with Crippen LogP contribution in [-0.2, 0) is 21.1 Å². The van der Waals surface area contributed by atoms with Crippen molar-refractivity contribution >= 4 is 15.6 Å². The molecule has 0 radical (unpaired) electrons. The lowest BCUT2D eigenvalue weighted by molar-refractivity contribution is -0.122. The summed E-state index contributed by atoms with van der Waals surface area (Å²) in [6.07, 6.45) is 4.09. The number of fused-ring (bicyclic) bond motifs is 2. The molecule has 1 heterocycles. The maximum absolute atomic E-state index is 14.8. The van der Waals surface area contributed by atoms with Crippen molar-refractivity contribution in [2.45, 2.75) is 49.1 Å². The molecule has 4 atom stereocenters. The number of rotatable bonds is 7. The van der Waals surface area contributed by atoms with Crippen LogP contribution >= 0.6 is 0 Å². The Kier molecular flexibility index (Phi) is 6.15. The average Bonchev–Trinajstić information content (AvgIpc) is 3.40. The minimum Gasteiger partial charge on any atom is -0.304 e. The van der Waals surface area contributed by atoms with Crippen LogP contribution in [0.2, 0.25) is 0 Å². The Labute approximate surface area is 186 Å². The van der Waals surface area contributed by atoms with Gasteiger partial charge in [0, 0.05) is 24.3 Å². The van der Waals surface area contributed by atoms with Crippen LogP contribution in [0.4, 0.5) is 8.78 Å². The Hall–Kier alpha value is -2.63. The van der Waals surface area contributed by atoms with Crippen LogP contribution in [0.1, 0.15) is 31.2 Å². The molecule has 1 aliphatic carbocycles. The first-order valence-electron chi connectivity index (χ1n) is 10.6. The normalized spacial score (nSPS) is 23.1. The van der Waals surface area contributed by atoms with Gasteiger partial charge in [-0.2, -0.15) is 5.26 Å². The van der Waals surface area contributed by atoms with Crippen molar-refractivity contribution in [3.63, 3.8) is 0 Å². The molecule has 1 aliphatic heterocycles. The monoisotopic (exact) mass is 458 g/mol. The molecule has 1 saturated heterocycles. The molecule has 2 fully saturated rings. The van der Waals surface area contributed by atoms with E-state index in [2.05, 4.69) is 11.4 Å². The lowest BCUT2D eigenvalue weighted by atomic mass is 9.88. The standard InChI is InChI=1S/C24H24F2N2O3S/c1-32(30,31)19-7-3-15(4-8-19)20-9-5-16(22(25)23(20)26)10-14(13-27)11-21(29)24-17-2-6-18(12-17)28-24/h3-5,7-9,14,17-18,24,28H,2,6,10-12H2,1H3/t14-,17+,18-,24+/m1/s1. The fourth-order valence-corrected chi connectivity index (χ4v) is 5.50. The molecule has 0 amide bonds. The lowest BCUT2D eigenvalue weighted by Gasteiger charge is -2.22. The quantitative estimate of drug-likeness (QED) is 0.682. The Morgan fingerprint density at radius 2 is 1.88 bits per heavy atom. The number of Topliss-reactive ketones (excluding diaryl/α,β-unsaturated/α-hetero) is 1. The maximum atomic E-state index is 14.8. The molecule has 2 bridgehead atoms. The van der Waals surface area contributed by atoms with Gasteiger partial charge in [-0.25, -0.2) is 17.2 Å². The van der Waals surface area contributed by atoms with E-state index in [-0.39, 0.29) is 40.7 Å². The maximum Gasteiger partial charge on any atom is 0.175 e. The highest BCUT2D eigenvalue weighted by Crippen LogP contribution is 2.36. The summed E-state index contributed by atoms with van der Waals surface area (Å²) in [5.41, 5.74) is 0.385. The number of carbonyl (C=O) groups excluding carboxylic acids is 1. The van der Waals surface area contributed by atoms with Gasteiger partial charge in [-0.05, 0) is 54.9 Å². The predicted octanol–water partition coefficient (Wildman–Crippen LogP) is 3.82. The highest BCUT2D eigenvalue weighted by Gasteiger charge is 2.42. The zero-order valence-corrected chi connectivity index (χ0v) is 18.5. The third kappa shape index (κ3) is 4.45. The molecule has 4 rings (SSSR count). The molecule has 32 heavy (non-hydrogen) atoms. The number of hydrogen-bond acceptors (Lipinski definition) is 5. The van der Waals surface area contributed by atoms with Crippen molar-refractivity contribution in [2.75, 3.05) is 6.26 Å². The van der Waals surface area contributed by atoms with E-state index in [0.717, 1.165) is 25.5 Å². The summed E-state index contributed by atoms with van der Waals surface area (Å²) in [7, 11) is -3.39. The van der Waals surface area contributed by atoms with E-state index in [0.29, 0.717) is 17.5 Å². The zero-order chi connectivity index (χ0) is 23.0. The van der Waals surface area contributed by atoms with Gasteiger partial charge in [-0.15, -0.1) is 0 Å².